The van der Waals surface area contributed by atoms with Gasteiger partial charge in [0.1, 0.15) is 0 Å². The van der Waals surface area contributed by atoms with Crippen LogP contribution in [0, 0.1) is 12.8 Å². The van der Waals surface area contributed by atoms with Crippen LogP contribution in [-0.2, 0) is 6.54 Å². The molecule has 1 aliphatic rings. The average molecular weight is 313 g/mol. The van der Waals surface area contributed by atoms with Gasteiger partial charge in [-0.05, 0) is 63.0 Å². The van der Waals surface area contributed by atoms with E-state index in [9.17, 15) is 0 Å². The van der Waals surface area contributed by atoms with Gasteiger partial charge in [0.25, 0.3) is 0 Å². The van der Waals surface area contributed by atoms with Gasteiger partial charge >= 0.3 is 0 Å². The molecule has 4 heteroatoms. The van der Waals surface area contributed by atoms with E-state index < -0.39 is 0 Å². The number of likely N-dealkylation sites (tertiary alicyclic amines) is 1. The SMILES string of the molecule is Cc1cc(CNCC2CCN(CCO)CC2)c2ccccc2n1. The predicted molar refractivity (Wildman–Crippen MR) is 94.4 cm³/mol. The molecule has 0 aliphatic carbocycles. The van der Waals surface area contributed by atoms with Crippen LogP contribution in [0.4, 0.5) is 0 Å². The van der Waals surface area contributed by atoms with Gasteiger partial charge in [0.2, 0.25) is 0 Å². The number of aliphatic hydroxyl groups is 1. The van der Waals surface area contributed by atoms with Crippen LogP contribution < -0.4 is 5.32 Å². The molecule has 0 spiro atoms. The Kier molecular flexibility index (Phi) is 5.60. The van der Waals surface area contributed by atoms with Crippen LogP contribution in [0.15, 0.2) is 30.3 Å². The molecule has 0 saturated carbocycles. The van der Waals surface area contributed by atoms with Gasteiger partial charge in [-0.3, -0.25) is 4.98 Å². The molecule has 1 saturated heterocycles. The molecule has 3 rings (SSSR count). The summed E-state index contributed by atoms with van der Waals surface area (Å²) >= 11 is 0. The Labute approximate surface area is 138 Å². The van der Waals surface area contributed by atoms with Gasteiger partial charge in [-0.25, -0.2) is 0 Å². The molecule has 0 unspecified atom stereocenters. The number of para-hydroxylation sites is 1. The van der Waals surface area contributed by atoms with E-state index in [1.165, 1.54) is 23.8 Å². The first kappa shape index (κ1) is 16.4. The van der Waals surface area contributed by atoms with Gasteiger partial charge in [0.15, 0.2) is 0 Å². The summed E-state index contributed by atoms with van der Waals surface area (Å²) in [5.41, 5.74) is 3.50. The summed E-state index contributed by atoms with van der Waals surface area (Å²) in [6.45, 7) is 7.37. The zero-order valence-electron chi connectivity index (χ0n) is 14.0. The average Bonchev–Trinajstić information content (AvgIpc) is 2.56. The third kappa shape index (κ3) is 4.28. The molecule has 1 aromatic carbocycles. The lowest BCUT2D eigenvalue weighted by Crippen LogP contribution is -2.38. The number of nitrogens with one attached hydrogen (secondary N) is 1. The van der Waals surface area contributed by atoms with E-state index in [2.05, 4.69) is 46.4 Å². The number of fused-ring (bicyclic) bond motifs is 1. The number of nitrogens with zero attached hydrogens (tertiary/aromatic N) is 2. The third-order valence-corrected chi connectivity index (χ3v) is 4.80. The first-order valence-electron chi connectivity index (χ1n) is 8.65. The lowest BCUT2D eigenvalue weighted by atomic mass is 9.96. The highest BCUT2D eigenvalue weighted by Crippen LogP contribution is 2.19. The summed E-state index contributed by atoms with van der Waals surface area (Å²) < 4.78 is 0. The Morgan fingerprint density at radius 3 is 2.83 bits per heavy atom. The topological polar surface area (TPSA) is 48.4 Å². The van der Waals surface area contributed by atoms with Crippen molar-refractivity contribution < 1.29 is 5.11 Å². The summed E-state index contributed by atoms with van der Waals surface area (Å²) in [4.78, 5) is 6.96. The quantitative estimate of drug-likeness (QED) is 0.859. The number of β-amino-alcohol motifs (C(OH)–C–C–N with tert-alkyl or cyclic N) is 1. The Balaban J connectivity index is 1.53. The van der Waals surface area contributed by atoms with Gasteiger partial charge < -0.3 is 15.3 Å². The molecular weight excluding hydrogens is 286 g/mol. The van der Waals surface area contributed by atoms with Crippen LogP contribution in [0.1, 0.15) is 24.1 Å². The summed E-state index contributed by atoms with van der Waals surface area (Å²) in [6.07, 6.45) is 2.45. The largest absolute Gasteiger partial charge is 0.395 e. The maximum atomic E-state index is 9.00. The van der Waals surface area contributed by atoms with Crippen molar-refractivity contribution in [2.24, 2.45) is 5.92 Å². The van der Waals surface area contributed by atoms with Crippen LogP contribution in [0.3, 0.4) is 0 Å². The highest BCUT2D eigenvalue weighted by Gasteiger charge is 2.18. The third-order valence-electron chi connectivity index (χ3n) is 4.80. The van der Waals surface area contributed by atoms with Crippen molar-refractivity contribution in [2.75, 3.05) is 32.8 Å². The molecule has 0 atom stereocenters. The van der Waals surface area contributed by atoms with E-state index in [1.807, 2.05) is 6.07 Å². The second-order valence-electron chi connectivity index (χ2n) is 6.58. The Morgan fingerprint density at radius 1 is 1.26 bits per heavy atom. The molecular formula is C19H27N3O. The van der Waals surface area contributed by atoms with Crippen molar-refractivity contribution in [3.8, 4) is 0 Å². The number of piperidine rings is 1. The summed E-state index contributed by atoms with van der Waals surface area (Å²) in [6, 6.07) is 10.6. The number of benzene rings is 1. The number of aryl methyl sites for hydroxylation is 1. The van der Waals surface area contributed by atoms with Crippen molar-refractivity contribution in [3.05, 3.63) is 41.6 Å². The number of hydrogen-bond donors (Lipinski definition) is 2. The van der Waals surface area contributed by atoms with E-state index in [-0.39, 0.29) is 6.61 Å². The van der Waals surface area contributed by atoms with Crippen LogP contribution >= 0.6 is 0 Å². The van der Waals surface area contributed by atoms with Crippen LogP contribution in [0.25, 0.3) is 10.9 Å². The first-order chi connectivity index (χ1) is 11.3. The van der Waals surface area contributed by atoms with Crippen molar-refractivity contribution in [1.29, 1.82) is 0 Å². The molecule has 2 aromatic rings. The Bertz CT molecular complexity index is 636. The molecule has 1 aromatic heterocycles. The number of pyridine rings is 1. The minimum Gasteiger partial charge on any atom is -0.395 e. The van der Waals surface area contributed by atoms with Gasteiger partial charge in [0, 0.05) is 24.2 Å². The number of aromatic nitrogens is 1. The van der Waals surface area contributed by atoms with Crippen LogP contribution in [0.5, 0.6) is 0 Å². The van der Waals surface area contributed by atoms with Crippen molar-refractivity contribution >= 4 is 10.9 Å². The van der Waals surface area contributed by atoms with Crippen LogP contribution in [-0.4, -0.2) is 47.8 Å². The van der Waals surface area contributed by atoms with Crippen LogP contribution in [0.2, 0.25) is 0 Å². The van der Waals surface area contributed by atoms with Crippen molar-refractivity contribution in [1.82, 2.24) is 15.2 Å². The fourth-order valence-corrected chi connectivity index (χ4v) is 3.51. The summed E-state index contributed by atoms with van der Waals surface area (Å²) in [7, 11) is 0. The second-order valence-corrected chi connectivity index (χ2v) is 6.58. The zero-order chi connectivity index (χ0) is 16.1. The highest BCUT2D eigenvalue weighted by atomic mass is 16.3. The number of hydrogen-bond acceptors (Lipinski definition) is 4. The molecule has 23 heavy (non-hydrogen) atoms. The van der Waals surface area contributed by atoms with Gasteiger partial charge in [-0.2, -0.15) is 0 Å². The standard InChI is InChI=1S/C19H27N3O/c1-15-12-17(18-4-2-3-5-19(18)21-15)14-20-13-16-6-8-22(9-7-16)10-11-23/h2-5,12,16,20,23H,6-11,13-14H2,1H3. The van der Waals surface area contributed by atoms with E-state index in [1.54, 1.807) is 0 Å². The Morgan fingerprint density at radius 2 is 2.04 bits per heavy atom. The lowest BCUT2D eigenvalue weighted by molar-refractivity contribution is 0.146. The number of rotatable bonds is 6. The van der Waals surface area contributed by atoms with Gasteiger partial charge in [-0.15, -0.1) is 0 Å². The molecule has 0 radical (unpaired) electrons. The zero-order valence-corrected chi connectivity index (χ0v) is 14.0. The predicted octanol–water partition coefficient (Wildman–Crippen LogP) is 2.34. The second kappa shape index (κ2) is 7.86. The fourth-order valence-electron chi connectivity index (χ4n) is 3.51. The molecule has 2 heterocycles. The van der Waals surface area contributed by atoms with E-state index in [0.717, 1.165) is 49.9 Å². The molecule has 124 valence electrons. The molecule has 4 nitrogen and oxygen atoms in total. The normalized spacial score (nSPS) is 17.0. The molecule has 1 fully saturated rings. The smallest absolute Gasteiger partial charge is 0.0708 e. The highest BCUT2D eigenvalue weighted by molar-refractivity contribution is 5.82. The fraction of sp³-hybridized carbons (Fsp3) is 0.526. The molecule has 0 bridgehead atoms. The molecule has 0 amide bonds. The van der Waals surface area contributed by atoms with Crippen molar-refractivity contribution in [3.63, 3.8) is 0 Å². The Hall–Kier alpha value is -1.49. The monoisotopic (exact) mass is 313 g/mol. The lowest BCUT2D eigenvalue weighted by Gasteiger charge is -2.31. The van der Waals surface area contributed by atoms with E-state index in [0.29, 0.717) is 0 Å². The van der Waals surface area contributed by atoms with Gasteiger partial charge in [-0.1, -0.05) is 18.2 Å². The number of aliphatic hydroxyl groups excluding tert-OH is 1. The molecule has 2 N–H and O–H groups in total. The molecule has 1 aliphatic heterocycles. The maximum Gasteiger partial charge on any atom is 0.0708 e. The maximum absolute atomic E-state index is 9.00. The summed E-state index contributed by atoms with van der Waals surface area (Å²) in [5.74, 6) is 0.749. The van der Waals surface area contributed by atoms with Crippen molar-refractivity contribution in [2.45, 2.75) is 26.3 Å². The van der Waals surface area contributed by atoms with E-state index in [4.69, 9.17) is 5.11 Å². The first-order valence-corrected chi connectivity index (χ1v) is 8.65. The minimum atomic E-state index is 0.275. The van der Waals surface area contributed by atoms with E-state index >= 15 is 0 Å². The minimum absolute atomic E-state index is 0.275. The van der Waals surface area contributed by atoms with Gasteiger partial charge in [0.05, 0.1) is 12.1 Å². The summed E-state index contributed by atoms with van der Waals surface area (Å²) in [5, 5.41) is 13.9.